The maximum atomic E-state index is 8.30. The Labute approximate surface area is 56.8 Å². The highest BCUT2D eigenvalue weighted by molar-refractivity contribution is 7.07. The van der Waals surface area contributed by atoms with Crippen LogP contribution in [0.15, 0.2) is 10.9 Å². The van der Waals surface area contributed by atoms with Gasteiger partial charge in [-0.3, -0.25) is 0 Å². The Morgan fingerprint density at radius 2 is 2.67 bits per heavy atom. The quantitative estimate of drug-likeness (QED) is 0.621. The van der Waals surface area contributed by atoms with Gasteiger partial charge in [0.1, 0.15) is 6.04 Å². The monoisotopic (exact) mass is 139 g/mol. The van der Waals surface area contributed by atoms with Crippen LogP contribution >= 0.6 is 11.3 Å². The molecule has 1 aromatic heterocycles. The van der Waals surface area contributed by atoms with Gasteiger partial charge >= 0.3 is 0 Å². The number of rotatable bonds is 1. The second kappa shape index (κ2) is 2.58. The van der Waals surface area contributed by atoms with Crippen molar-refractivity contribution < 1.29 is 0 Å². The molecule has 1 unspecified atom stereocenters. The minimum absolute atomic E-state index is 0.559. The number of hydrogen-bond donors (Lipinski definition) is 1. The average molecular weight is 139 g/mol. The van der Waals surface area contributed by atoms with Crippen LogP contribution in [0.5, 0.6) is 0 Å². The van der Waals surface area contributed by atoms with Gasteiger partial charge in [0.2, 0.25) is 0 Å². The lowest BCUT2D eigenvalue weighted by atomic mass is 10.3. The van der Waals surface area contributed by atoms with Crippen LogP contribution in [0.3, 0.4) is 0 Å². The van der Waals surface area contributed by atoms with E-state index in [9.17, 15) is 0 Å². The Morgan fingerprint density at radius 3 is 3.11 bits per heavy atom. The second-order valence-corrected chi connectivity index (χ2v) is 2.24. The molecule has 0 aromatic carbocycles. The van der Waals surface area contributed by atoms with E-state index in [1.165, 1.54) is 11.3 Å². The molecule has 0 amide bonds. The first-order chi connectivity index (χ1) is 4.34. The third-order valence-electron chi connectivity index (χ3n) is 0.909. The first-order valence-electron chi connectivity index (χ1n) is 2.38. The summed E-state index contributed by atoms with van der Waals surface area (Å²) in [5.74, 6) is 0. The van der Waals surface area contributed by atoms with Crippen LogP contribution in [-0.2, 0) is 0 Å². The Bertz CT molecular complexity index is 211. The molecule has 0 radical (unpaired) electrons. The van der Waals surface area contributed by atoms with Gasteiger partial charge in [-0.1, -0.05) is 0 Å². The molecule has 1 aromatic rings. The standard InChI is InChI=1S/C5H5N3S/c6-1-4(7)5-2-9-3-8-5/h2-4H,7H2. The fourth-order valence-electron chi connectivity index (χ4n) is 0.442. The van der Waals surface area contributed by atoms with Crippen molar-refractivity contribution in [1.82, 2.24) is 4.98 Å². The molecule has 1 atom stereocenters. The normalized spacial score (nSPS) is 12.4. The maximum Gasteiger partial charge on any atom is 0.136 e. The van der Waals surface area contributed by atoms with Gasteiger partial charge in [-0.05, 0) is 0 Å². The lowest BCUT2D eigenvalue weighted by molar-refractivity contribution is 0.888. The minimum atomic E-state index is -0.559. The number of nitrogens with zero attached hydrogens (tertiary/aromatic N) is 2. The number of hydrogen-bond acceptors (Lipinski definition) is 4. The van der Waals surface area contributed by atoms with Gasteiger partial charge in [0.25, 0.3) is 0 Å². The molecule has 1 heterocycles. The highest BCUT2D eigenvalue weighted by atomic mass is 32.1. The third-order valence-corrected chi connectivity index (χ3v) is 1.51. The molecule has 46 valence electrons. The molecule has 0 bridgehead atoms. The van der Waals surface area contributed by atoms with Crippen LogP contribution in [0.4, 0.5) is 0 Å². The molecule has 2 N–H and O–H groups in total. The maximum absolute atomic E-state index is 8.30. The molecule has 1 rings (SSSR count). The molecule has 4 heteroatoms. The number of aromatic nitrogens is 1. The van der Waals surface area contributed by atoms with E-state index in [1.54, 1.807) is 10.9 Å². The zero-order chi connectivity index (χ0) is 6.69. The first kappa shape index (κ1) is 6.20. The van der Waals surface area contributed by atoms with Crippen LogP contribution in [0.25, 0.3) is 0 Å². The molecule has 0 spiro atoms. The smallest absolute Gasteiger partial charge is 0.136 e. The second-order valence-electron chi connectivity index (χ2n) is 1.52. The lowest BCUT2D eigenvalue weighted by Gasteiger charge is -1.92. The van der Waals surface area contributed by atoms with Crippen molar-refractivity contribution in [3.05, 3.63) is 16.6 Å². The Kier molecular flexibility index (Phi) is 1.78. The van der Waals surface area contributed by atoms with Gasteiger partial charge in [-0.25, -0.2) is 4.98 Å². The van der Waals surface area contributed by atoms with Gasteiger partial charge in [0.05, 0.1) is 17.3 Å². The molecular formula is C5H5N3S. The SMILES string of the molecule is N#CC(N)c1cscn1. The van der Waals surface area contributed by atoms with Gasteiger partial charge in [0, 0.05) is 5.38 Å². The molecule has 0 saturated heterocycles. The zero-order valence-electron chi connectivity index (χ0n) is 4.61. The van der Waals surface area contributed by atoms with Crippen molar-refractivity contribution in [3.8, 4) is 6.07 Å². The Morgan fingerprint density at radius 1 is 1.89 bits per heavy atom. The van der Waals surface area contributed by atoms with E-state index in [4.69, 9.17) is 11.0 Å². The predicted octanol–water partition coefficient (Wildman–Crippen LogP) is 0.666. The number of nitriles is 1. The van der Waals surface area contributed by atoms with Crippen molar-refractivity contribution in [2.24, 2.45) is 5.73 Å². The van der Waals surface area contributed by atoms with E-state index in [0.29, 0.717) is 5.69 Å². The summed E-state index contributed by atoms with van der Waals surface area (Å²) in [5, 5.41) is 10.1. The van der Waals surface area contributed by atoms with Crippen molar-refractivity contribution >= 4 is 11.3 Å². The molecule has 9 heavy (non-hydrogen) atoms. The fraction of sp³-hybridized carbons (Fsp3) is 0.200. The first-order valence-corrected chi connectivity index (χ1v) is 3.32. The minimum Gasteiger partial charge on any atom is -0.311 e. The van der Waals surface area contributed by atoms with E-state index >= 15 is 0 Å². The summed E-state index contributed by atoms with van der Waals surface area (Å²) >= 11 is 1.44. The Hall–Kier alpha value is -0.920. The van der Waals surface area contributed by atoms with E-state index < -0.39 is 6.04 Å². The van der Waals surface area contributed by atoms with Crippen molar-refractivity contribution in [2.75, 3.05) is 0 Å². The van der Waals surface area contributed by atoms with E-state index in [1.807, 2.05) is 6.07 Å². The summed E-state index contributed by atoms with van der Waals surface area (Å²) < 4.78 is 0. The lowest BCUT2D eigenvalue weighted by Crippen LogP contribution is -2.06. The third kappa shape index (κ3) is 1.25. The summed E-state index contributed by atoms with van der Waals surface area (Å²) in [6, 6.07) is 1.33. The van der Waals surface area contributed by atoms with Crippen molar-refractivity contribution in [1.29, 1.82) is 5.26 Å². The highest BCUT2D eigenvalue weighted by Crippen LogP contribution is 2.07. The van der Waals surface area contributed by atoms with Crippen LogP contribution in [-0.4, -0.2) is 4.98 Å². The van der Waals surface area contributed by atoms with E-state index in [0.717, 1.165) is 0 Å². The van der Waals surface area contributed by atoms with Crippen molar-refractivity contribution in [2.45, 2.75) is 6.04 Å². The Balaban J connectivity index is 2.80. The molecule has 0 aliphatic rings. The van der Waals surface area contributed by atoms with E-state index in [2.05, 4.69) is 4.98 Å². The van der Waals surface area contributed by atoms with Crippen molar-refractivity contribution in [3.63, 3.8) is 0 Å². The molecule has 0 fully saturated rings. The predicted molar refractivity (Wildman–Crippen MR) is 34.7 cm³/mol. The topological polar surface area (TPSA) is 62.7 Å². The molecule has 3 nitrogen and oxygen atoms in total. The molecular weight excluding hydrogens is 134 g/mol. The van der Waals surface area contributed by atoms with Gasteiger partial charge in [0.15, 0.2) is 0 Å². The highest BCUT2D eigenvalue weighted by Gasteiger charge is 2.03. The molecule has 0 aliphatic heterocycles. The summed E-state index contributed by atoms with van der Waals surface area (Å²) in [7, 11) is 0. The summed E-state index contributed by atoms with van der Waals surface area (Å²) in [5.41, 5.74) is 7.64. The van der Waals surface area contributed by atoms with Crippen LogP contribution in [0, 0.1) is 11.3 Å². The molecule has 0 saturated carbocycles. The summed E-state index contributed by atoms with van der Waals surface area (Å²) in [4.78, 5) is 3.86. The average Bonchev–Trinajstić information content (AvgIpc) is 2.37. The van der Waals surface area contributed by atoms with Crippen LogP contribution < -0.4 is 5.73 Å². The van der Waals surface area contributed by atoms with Gasteiger partial charge < -0.3 is 5.73 Å². The zero-order valence-corrected chi connectivity index (χ0v) is 5.43. The van der Waals surface area contributed by atoms with E-state index in [-0.39, 0.29) is 0 Å². The van der Waals surface area contributed by atoms with Crippen LogP contribution in [0.1, 0.15) is 11.7 Å². The number of nitrogens with two attached hydrogens (primary N) is 1. The van der Waals surface area contributed by atoms with Gasteiger partial charge in [-0.2, -0.15) is 5.26 Å². The largest absolute Gasteiger partial charge is 0.311 e. The number of thiazole rings is 1. The summed E-state index contributed by atoms with van der Waals surface area (Å²) in [6.07, 6.45) is 0. The van der Waals surface area contributed by atoms with Crippen LogP contribution in [0.2, 0.25) is 0 Å². The van der Waals surface area contributed by atoms with Gasteiger partial charge in [-0.15, -0.1) is 11.3 Å². The summed E-state index contributed by atoms with van der Waals surface area (Å²) in [6.45, 7) is 0. The molecule has 0 aliphatic carbocycles. The fourth-order valence-corrected chi connectivity index (χ4v) is 1.03.